The second-order valence-electron chi connectivity index (χ2n) is 7.36. The van der Waals surface area contributed by atoms with E-state index in [1.165, 1.54) is 0 Å². The summed E-state index contributed by atoms with van der Waals surface area (Å²) < 4.78 is 9.37. The van der Waals surface area contributed by atoms with Gasteiger partial charge in [-0.2, -0.15) is 0 Å². The van der Waals surface area contributed by atoms with Crippen LogP contribution in [0.2, 0.25) is 0 Å². The van der Waals surface area contributed by atoms with Crippen LogP contribution in [0.25, 0.3) is 22.6 Å². The van der Waals surface area contributed by atoms with Crippen molar-refractivity contribution in [1.82, 2.24) is 29.3 Å². The maximum atomic E-state index is 12.7. The predicted octanol–water partition coefficient (Wildman–Crippen LogP) is 2.83. The van der Waals surface area contributed by atoms with Gasteiger partial charge in [-0.15, -0.1) is 10.2 Å². The summed E-state index contributed by atoms with van der Waals surface area (Å²) in [6, 6.07) is 9.60. The molecule has 4 aromatic rings. The Morgan fingerprint density at radius 1 is 1.13 bits per heavy atom. The van der Waals surface area contributed by atoms with E-state index in [0.29, 0.717) is 22.8 Å². The molecule has 0 unspecified atom stereocenters. The number of ether oxygens (including phenoxy) is 1. The highest BCUT2D eigenvalue weighted by Gasteiger charge is 2.19. The van der Waals surface area contributed by atoms with E-state index in [1.807, 2.05) is 35.9 Å². The van der Waals surface area contributed by atoms with Crippen LogP contribution in [0, 0.1) is 0 Å². The number of imidazole rings is 1. The Balaban J connectivity index is 1.33. The van der Waals surface area contributed by atoms with Gasteiger partial charge in [-0.3, -0.25) is 4.79 Å². The number of nitrogens with one attached hydrogen (secondary N) is 1. The van der Waals surface area contributed by atoms with E-state index in [2.05, 4.69) is 30.0 Å². The number of carbonyl (C=O) groups is 1. The van der Waals surface area contributed by atoms with Crippen molar-refractivity contribution in [2.75, 3.05) is 18.5 Å². The van der Waals surface area contributed by atoms with Crippen LogP contribution >= 0.6 is 0 Å². The first-order valence-corrected chi connectivity index (χ1v) is 9.85. The summed E-state index contributed by atoms with van der Waals surface area (Å²) in [4.78, 5) is 21.7. The van der Waals surface area contributed by atoms with Gasteiger partial charge in [-0.1, -0.05) is 0 Å². The summed E-state index contributed by atoms with van der Waals surface area (Å²) in [5, 5.41) is 10.9. The standard InChI is InChI=1S/C21H21N7O2/c1-27-13-24-26-19(27)14-2-4-16(5-3-14)25-21(29)15-10-18-20(22-11-15)28(12-23-18)17-6-8-30-9-7-17/h2-5,10-13,17H,6-9H2,1H3,(H,25,29). The fourth-order valence-corrected chi connectivity index (χ4v) is 3.72. The largest absolute Gasteiger partial charge is 0.381 e. The van der Waals surface area contributed by atoms with Crippen LogP contribution in [0.5, 0.6) is 0 Å². The average Bonchev–Trinajstić information content (AvgIpc) is 3.40. The minimum atomic E-state index is -0.226. The first-order valence-electron chi connectivity index (χ1n) is 9.85. The Hall–Kier alpha value is -3.59. The van der Waals surface area contributed by atoms with Crippen molar-refractivity contribution in [2.45, 2.75) is 18.9 Å². The molecule has 1 N–H and O–H groups in total. The lowest BCUT2D eigenvalue weighted by atomic mass is 10.1. The number of fused-ring (bicyclic) bond motifs is 1. The van der Waals surface area contributed by atoms with Gasteiger partial charge in [-0.25, -0.2) is 9.97 Å². The number of aryl methyl sites for hydroxylation is 1. The molecule has 1 saturated heterocycles. The number of carbonyl (C=O) groups excluding carboxylic acids is 1. The van der Waals surface area contributed by atoms with Crippen LogP contribution in [0.15, 0.2) is 49.2 Å². The van der Waals surface area contributed by atoms with Crippen molar-refractivity contribution in [3.05, 3.63) is 54.7 Å². The molecule has 4 heterocycles. The third kappa shape index (κ3) is 3.43. The van der Waals surface area contributed by atoms with Crippen LogP contribution in [-0.4, -0.2) is 48.4 Å². The number of hydrogen-bond donors (Lipinski definition) is 1. The van der Waals surface area contributed by atoms with E-state index in [9.17, 15) is 4.79 Å². The van der Waals surface area contributed by atoms with Gasteiger partial charge in [0.15, 0.2) is 11.5 Å². The summed E-state index contributed by atoms with van der Waals surface area (Å²) in [5.74, 6) is 0.541. The molecule has 1 fully saturated rings. The molecular formula is C21H21N7O2. The van der Waals surface area contributed by atoms with Crippen LogP contribution in [0.3, 0.4) is 0 Å². The third-order valence-electron chi connectivity index (χ3n) is 5.37. The molecule has 9 nitrogen and oxygen atoms in total. The van der Waals surface area contributed by atoms with Gasteiger partial charge < -0.3 is 19.2 Å². The molecule has 0 bridgehead atoms. The van der Waals surface area contributed by atoms with Gasteiger partial charge in [0, 0.05) is 43.8 Å². The van der Waals surface area contributed by atoms with E-state index in [1.54, 1.807) is 24.9 Å². The Labute approximate surface area is 172 Å². The van der Waals surface area contributed by atoms with Crippen molar-refractivity contribution in [2.24, 2.45) is 7.05 Å². The van der Waals surface area contributed by atoms with Crippen LogP contribution < -0.4 is 5.32 Å². The topological polar surface area (TPSA) is 99.8 Å². The molecule has 0 atom stereocenters. The fourth-order valence-electron chi connectivity index (χ4n) is 3.72. The smallest absolute Gasteiger partial charge is 0.257 e. The third-order valence-corrected chi connectivity index (χ3v) is 5.37. The molecule has 1 aliphatic rings. The lowest BCUT2D eigenvalue weighted by molar-refractivity contribution is 0.0704. The molecular weight excluding hydrogens is 382 g/mol. The Morgan fingerprint density at radius 2 is 1.93 bits per heavy atom. The summed E-state index contributed by atoms with van der Waals surface area (Å²) >= 11 is 0. The minimum absolute atomic E-state index is 0.226. The first kappa shape index (κ1) is 18.4. The van der Waals surface area contributed by atoms with Crippen LogP contribution in [0.1, 0.15) is 29.2 Å². The molecule has 152 valence electrons. The summed E-state index contributed by atoms with van der Waals surface area (Å²) in [7, 11) is 1.89. The summed E-state index contributed by atoms with van der Waals surface area (Å²) in [6.45, 7) is 1.50. The number of aromatic nitrogens is 6. The first-order chi connectivity index (χ1) is 14.7. The maximum Gasteiger partial charge on any atom is 0.257 e. The molecule has 3 aromatic heterocycles. The van der Waals surface area contributed by atoms with E-state index < -0.39 is 0 Å². The number of nitrogens with zero attached hydrogens (tertiary/aromatic N) is 6. The normalized spacial score (nSPS) is 14.8. The second kappa shape index (κ2) is 7.68. The van der Waals surface area contributed by atoms with Gasteiger partial charge in [0.2, 0.25) is 0 Å². The number of anilines is 1. The van der Waals surface area contributed by atoms with E-state index in [0.717, 1.165) is 43.1 Å². The van der Waals surface area contributed by atoms with Crippen molar-refractivity contribution in [1.29, 1.82) is 0 Å². The predicted molar refractivity (Wildman–Crippen MR) is 111 cm³/mol. The number of benzene rings is 1. The molecule has 0 aliphatic carbocycles. The molecule has 1 amide bonds. The van der Waals surface area contributed by atoms with Gasteiger partial charge in [-0.05, 0) is 43.2 Å². The highest BCUT2D eigenvalue weighted by Crippen LogP contribution is 2.25. The van der Waals surface area contributed by atoms with Crippen molar-refractivity contribution in [3.8, 4) is 11.4 Å². The molecule has 30 heavy (non-hydrogen) atoms. The zero-order valence-electron chi connectivity index (χ0n) is 16.5. The molecule has 5 rings (SSSR count). The van der Waals surface area contributed by atoms with Crippen molar-refractivity contribution < 1.29 is 9.53 Å². The Morgan fingerprint density at radius 3 is 2.67 bits per heavy atom. The SMILES string of the molecule is Cn1cnnc1-c1ccc(NC(=O)c2cnc3c(c2)ncn3C2CCOCC2)cc1. The number of pyridine rings is 1. The van der Waals surface area contributed by atoms with Crippen molar-refractivity contribution >= 4 is 22.8 Å². The molecule has 0 spiro atoms. The zero-order valence-corrected chi connectivity index (χ0v) is 16.5. The zero-order chi connectivity index (χ0) is 20.5. The van der Waals surface area contributed by atoms with E-state index in [4.69, 9.17) is 4.74 Å². The summed E-state index contributed by atoms with van der Waals surface area (Å²) in [5.41, 5.74) is 3.60. The highest BCUT2D eigenvalue weighted by atomic mass is 16.5. The van der Waals surface area contributed by atoms with E-state index in [-0.39, 0.29) is 5.91 Å². The highest BCUT2D eigenvalue weighted by molar-refractivity contribution is 6.05. The minimum Gasteiger partial charge on any atom is -0.381 e. The average molecular weight is 403 g/mol. The monoisotopic (exact) mass is 403 g/mol. The number of hydrogen-bond acceptors (Lipinski definition) is 6. The fraction of sp³-hybridized carbons (Fsp3) is 0.286. The van der Waals surface area contributed by atoms with Crippen LogP contribution in [-0.2, 0) is 11.8 Å². The quantitative estimate of drug-likeness (QED) is 0.562. The van der Waals surface area contributed by atoms with E-state index >= 15 is 0 Å². The molecule has 1 aliphatic heterocycles. The maximum absolute atomic E-state index is 12.7. The van der Waals surface area contributed by atoms with Gasteiger partial charge in [0.1, 0.15) is 11.8 Å². The lowest BCUT2D eigenvalue weighted by Crippen LogP contribution is -2.19. The second-order valence-corrected chi connectivity index (χ2v) is 7.36. The van der Waals surface area contributed by atoms with Gasteiger partial charge >= 0.3 is 0 Å². The number of amides is 1. The van der Waals surface area contributed by atoms with Crippen molar-refractivity contribution in [3.63, 3.8) is 0 Å². The number of rotatable bonds is 4. The molecule has 0 radical (unpaired) electrons. The molecule has 9 heteroatoms. The molecule has 0 saturated carbocycles. The molecule has 1 aromatic carbocycles. The van der Waals surface area contributed by atoms with Gasteiger partial charge in [0.05, 0.1) is 11.9 Å². The Bertz CT molecular complexity index is 1190. The van der Waals surface area contributed by atoms with Crippen LogP contribution in [0.4, 0.5) is 5.69 Å². The van der Waals surface area contributed by atoms with Gasteiger partial charge in [0.25, 0.3) is 5.91 Å². The Kier molecular flexibility index (Phi) is 4.72. The lowest BCUT2D eigenvalue weighted by Gasteiger charge is -2.23. The summed E-state index contributed by atoms with van der Waals surface area (Å²) in [6.07, 6.45) is 6.95.